The van der Waals surface area contributed by atoms with Gasteiger partial charge in [-0.1, -0.05) is 75.2 Å². The number of benzene rings is 2. The second-order valence-electron chi connectivity index (χ2n) is 8.76. The molecule has 182 valence electrons. The first kappa shape index (κ1) is 25.3. The number of alkyl carbamates (subject to hydrolysis) is 1. The number of carbonyl (C=O) groups excluding carboxylic acids is 2. The molecule has 2 amide bonds. The van der Waals surface area contributed by atoms with E-state index >= 15 is 0 Å². The minimum absolute atomic E-state index is 0.0289. The van der Waals surface area contributed by atoms with E-state index in [1.54, 1.807) is 0 Å². The second kappa shape index (κ2) is 12.2. The van der Waals surface area contributed by atoms with Gasteiger partial charge in [-0.15, -0.1) is 0 Å². The second-order valence-corrected chi connectivity index (χ2v) is 8.76. The molecule has 0 spiro atoms. The van der Waals surface area contributed by atoms with Crippen LogP contribution in [0.3, 0.4) is 0 Å². The highest BCUT2D eigenvalue weighted by Gasteiger charge is 2.29. The Morgan fingerprint density at radius 2 is 1.62 bits per heavy atom. The summed E-state index contributed by atoms with van der Waals surface area (Å²) < 4.78 is 5.54. The molecule has 2 aromatic carbocycles. The zero-order chi connectivity index (χ0) is 24.5. The third kappa shape index (κ3) is 6.37. The number of aliphatic carboxylic acids is 1. The number of ether oxygens (including phenoxy) is 1. The predicted molar refractivity (Wildman–Crippen MR) is 131 cm³/mol. The van der Waals surface area contributed by atoms with Crippen molar-refractivity contribution in [3.63, 3.8) is 0 Å². The van der Waals surface area contributed by atoms with Crippen LogP contribution in [0, 0.1) is 5.92 Å². The van der Waals surface area contributed by atoms with Crippen LogP contribution in [-0.2, 0) is 14.3 Å². The van der Waals surface area contributed by atoms with Crippen LogP contribution in [0.15, 0.2) is 48.5 Å². The molecule has 3 N–H and O–H groups in total. The van der Waals surface area contributed by atoms with Crippen molar-refractivity contribution in [2.75, 3.05) is 13.2 Å². The van der Waals surface area contributed by atoms with Crippen molar-refractivity contribution in [3.8, 4) is 11.1 Å². The van der Waals surface area contributed by atoms with Gasteiger partial charge in [-0.25, -0.2) is 4.79 Å². The first-order valence-corrected chi connectivity index (χ1v) is 12.1. The van der Waals surface area contributed by atoms with Gasteiger partial charge in [-0.05, 0) is 35.1 Å². The molecule has 2 aromatic rings. The van der Waals surface area contributed by atoms with Gasteiger partial charge in [0.15, 0.2) is 0 Å². The molecule has 1 unspecified atom stereocenters. The highest BCUT2D eigenvalue weighted by Crippen LogP contribution is 2.44. The number of carbonyl (C=O) groups is 3. The summed E-state index contributed by atoms with van der Waals surface area (Å²) in [4.78, 5) is 36.2. The maximum absolute atomic E-state index is 12.7. The fraction of sp³-hybridized carbons (Fsp3) is 0.444. The van der Waals surface area contributed by atoms with E-state index in [1.165, 1.54) is 0 Å². The molecular weight excluding hydrogens is 432 g/mol. The number of rotatable bonds is 12. The zero-order valence-electron chi connectivity index (χ0n) is 19.9. The summed E-state index contributed by atoms with van der Waals surface area (Å²) in [5.74, 6) is -1.67. The predicted octanol–water partition coefficient (Wildman–Crippen LogP) is 4.70. The molecule has 0 heterocycles. The molecular formula is C27H34N2O5. The number of unbranched alkanes of at least 4 members (excludes halogenated alkanes) is 1. The topological polar surface area (TPSA) is 105 Å². The van der Waals surface area contributed by atoms with Crippen molar-refractivity contribution >= 4 is 18.0 Å². The third-order valence-electron chi connectivity index (χ3n) is 6.37. The number of carboxylic acid groups (broad SMARTS) is 1. The van der Waals surface area contributed by atoms with E-state index < -0.39 is 24.0 Å². The number of fused-ring (bicyclic) bond motifs is 3. The Morgan fingerprint density at radius 1 is 1.00 bits per heavy atom. The first-order chi connectivity index (χ1) is 16.4. The molecule has 0 aliphatic heterocycles. The molecule has 34 heavy (non-hydrogen) atoms. The first-order valence-electron chi connectivity index (χ1n) is 12.1. The van der Waals surface area contributed by atoms with Crippen LogP contribution in [0.5, 0.6) is 0 Å². The monoisotopic (exact) mass is 466 g/mol. The molecule has 0 saturated carbocycles. The Bertz CT molecular complexity index is 961. The van der Waals surface area contributed by atoms with Gasteiger partial charge in [-0.3, -0.25) is 9.59 Å². The fourth-order valence-electron chi connectivity index (χ4n) is 4.48. The highest BCUT2D eigenvalue weighted by atomic mass is 16.5. The third-order valence-corrected chi connectivity index (χ3v) is 6.37. The molecule has 0 aromatic heterocycles. The van der Waals surface area contributed by atoms with Gasteiger partial charge < -0.3 is 20.5 Å². The van der Waals surface area contributed by atoms with Gasteiger partial charge in [0, 0.05) is 18.5 Å². The Balaban J connectivity index is 1.53. The van der Waals surface area contributed by atoms with E-state index in [2.05, 4.69) is 34.9 Å². The average Bonchev–Trinajstić information content (AvgIpc) is 3.15. The van der Waals surface area contributed by atoms with E-state index in [4.69, 9.17) is 9.84 Å². The van der Waals surface area contributed by atoms with Crippen molar-refractivity contribution in [3.05, 3.63) is 59.7 Å². The molecule has 0 fully saturated rings. The van der Waals surface area contributed by atoms with Gasteiger partial charge in [0.05, 0.1) is 12.3 Å². The lowest BCUT2D eigenvalue weighted by Crippen LogP contribution is -2.44. The normalized spacial score (nSPS) is 13.9. The van der Waals surface area contributed by atoms with Gasteiger partial charge in [-0.2, -0.15) is 0 Å². The Labute approximate surface area is 200 Å². The van der Waals surface area contributed by atoms with Crippen molar-refractivity contribution < 1.29 is 24.2 Å². The molecule has 2 atom stereocenters. The van der Waals surface area contributed by atoms with Crippen molar-refractivity contribution in [2.45, 2.75) is 57.9 Å². The maximum Gasteiger partial charge on any atom is 0.407 e. The van der Waals surface area contributed by atoms with Crippen LogP contribution in [0.25, 0.3) is 11.1 Å². The van der Waals surface area contributed by atoms with E-state index in [-0.39, 0.29) is 31.4 Å². The number of amides is 2. The van der Waals surface area contributed by atoms with Crippen LogP contribution in [0.2, 0.25) is 0 Å². The van der Waals surface area contributed by atoms with Gasteiger partial charge in [0.2, 0.25) is 5.91 Å². The molecule has 7 nitrogen and oxygen atoms in total. The standard InChI is InChI=1S/C27H34N2O5/c1-3-5-10-19(15-25(30)31)29-26(32)18(4-2)16-28-27(33)34-17-24-22-13-8-6-11-20(22)21-12-7-9-14-23(21)24/h6-9,11-14,18-19,24H,3-5,10,15-17H2,1-2H3,(H,28,33)(H,29,32)(H,30,31)/t18?,19-/m0/s1. The van der Waals surface area contributed by atoms with E-state index in [0.717, 1.165) is 35.1 Å². The van der Waals surface area contributed by atoms with Crippen molar-refractivity contribution in [1.82, 2.24) is 10.6 Å². The van der Waals surface area contributed by atoms with Crippen LogP contribution in [-0.4, -0.2) is 42.3 Å². The summed E-state index contributed by atoms with van der Waals surface area (Å²) in [6.07, 6.45) is 2.22. The number of carboxylic acids is 1. The van der Waals surface area contributed by atoms with Crippen molar-refractivity contribution in [1.29, 1.82) is 0 Å². The molecule has 3 rings (SSSR count). The lowest BCUT2D eigenvalue weighted by Gasteiger charge is -2.21. The maximum atomic E-state index is 12.7. The molecule has 1 aliphatic rings. The lowest BCUT2D eigenvalue weighted by atomic mass is 9.98. The molecule has 0 radical (unpaired) electrons. The molecule has 0 saturated heterocycles. The van der Waals surface area contributed by atoms with Crippen LogP contribution in [0.4, 0.5) is 4.79 Å². The average molecular weight is 467 g/mol. The molecule has 0 bridgehead atoms. The van der Waals surface area contributed by atoms with E-state index in [1.807, 2.05) is 38.1 Å². The minimum atomic E-state index is -0.939. The summed E-state index contributed by atoms with van der Waals surface area (Å²) in [5.41, 5.74) is 4.60. The van der Waals surface area contributed by atoms with Gasteiger partial charge in [0.25, 0.3) is 0 Å². The quantitative estimate of drug-likeness (QED) is 0.421. The van der Waals surface area contributed by atoms with Crippen LogP contribution < -0.4 is 10.6 Å². The number of hydrogen-bond donors (Lipinski definition) is 3. The SMILES string of the molecule is CCCC[C@@H](CC(=O)O)NC(=O)C(CC)CNC(=O)OCC1c2ccccc2-c2ccccc21. The van der Waals surface area contributed by atoms with Gasteiger partial charge >= 0.3 is 12.1 Å². The number of hydrogen-bond acceptors (Lipinski definition) is 4. The largest absolute Gasteiger partial charge is 0.481 e. The molecule has 7 heteroatoms. The summed E-state index contributed by atoms with van der Waals surface area (Å²) in [5, 5.41) is 14.7. The Hall–Kier alpha value is -3.35. The molecule has 1 aliphatic carbocycles. The highest BCUT2D eigenvalue weighted by molar-refractivity contribution is 5.81. The van der Waals surface area contributed by atoms with Gasteiger partial charge in [0.1, 0.15) is 6.61 Å². The smallest absolute Gasteiger partial charge is 0.407 e. The number of nitrogens with one attached hydrogen (secondary N) is 2. The summed E-state index contributed by atoms with van der Waals surface area (Å²) in [6, 6.07) is 15.9. The zero-order valence-corrected chi connectivity index (χ0v) is 19.9. The van der Waals surface area contributed by atoms with E-state index in [0.29, 0.717) is 12.8 Å². The Morgan fingerprint density at radius 3 is 2.18 bits per heavy atom. The van der Waals surface area contributed by atoms with Crippen molar-refractivity contribution in [2.24, 2.45) is 5.92 Å². The van der Waals surface area contributed by atoms with E-state index in [9.17, 15) is 14.4 Å². The summed E-state index contributed by atoms with van der Waals surface area (Å²) >= 11 is 0. The Kier molecular flexibility index (Phi) is 9.08. The van der Waals surface area contributed by atoms with Crippen LogP contribution >= 0.6 is 0 Å². The summed E-state index contributed by atoms with van der Waals surface area (Å²) in [7, 11) is 0. The van der Waals surface area contributed by atoms with Crippen LogP contribution in [0.1, 0.15) is 63.0 Å². The minimum Gasteiger partial charge on any atom is -0.481 e. The fourth-order valence-corrected chi connectivity index (χ4v) is 4.48. The summed E-state index contributed by atoms with van der Waals surface area (Å²) in [6.45, 7) is 4.22. The lowest BCUT2D eigenvalue weighted by molar-refractivity contribution is -0.137.